The molecular formula is C41H33BIrN2O2-2. The summed E-state index contributed by atoms with van der Waals surface area (Å²) in [5, 5.41) is 0. The number of nitrogens with zero attached hydrogens (tertiary/aromatic N) is 2. The summed E-state index contributed by atoms with van der Waals surface area (Å²) < 4.78 is 12.7. The van der Waals surface area contributed by atoms with Crippen LogP contribution in [0.15, 0.2) is 97.2 Å². The summed E-state index contributed by atoms with van der Waals surface area (Å²) >= 11 is 0. The zero-order chi connectivity index (χ0) is 31.2. The fourth-order valence-electron chi connectivity index (χ4n) is 6.69. The molecule has 0 fully saturated rings. The van der Waals surface area contributed by atoms with Gasteiger partial charge in [-0.2, -0.15) is 0 Å². The van der Waals surface area contributed by atoms with Crippen molar-refractivity contribution in [2.75, 3.05) is 0 Å². The molecule has 0 amide bonds. The molecule has 233 valence electrons. The van der Waals surface area contributed by atoms with E-state index in [0.717, 1.165) is 69.3 Å². The van der Waals surface area contributed by atoms with Crippen LogP contribution >= 0.6 is 0 Å². The zero-order valence-corrected chi connectivity index (χ0v) is 29.1. The van der Waals surface area contributed by atoms with Crippen molar-refractivity contribution in [3.8, 4) is 45.5 Å². The van der Waals surface area contributed by atoms with Crippen molar-refractivity contribution in [3.05, 3.63) is 137 Å². The first-order valence-corrected chi connectivity index (χ1v) is 16.1. The molecule has 47 heavy (non-hydrogen) atoms. The van der Waals surface area contributed by atoms with Crippen molar-refractivity contribution >= 4 is 23.1 Å². The first kappa shape index (κ1) is 31.1. The molecule has 2 aliphatic heterocycles. The number of pyridine rings is 2. The molecule has 4 nitrogen and oxygen atoms in total. The molecule has 6 aromatic rings. The van der Waals surface area contributed by atoms with Crippen LogP contribution in [0.1, 0.15) is 40.8 Å². The third-order valence-electron chi connectivity index (χ3n) is 9.32. The van der Waals surface area contributed by atoms with E-state index in [1.807, 2.05) is 48.7 Å². The molecule has 0 N–H and O–H groups in total. The SMILES string of the molecule is Cc1c[c-]c(-c2cc(C)c(C)cn2)cc1.[Ir].[c-]1ccc2c(c1-c1ccc3c(n1)CCCC3)Oc1cccc3c1B2c1ccccc1O3. The minimum Gasteiger partial charge on any atom is -0.503 e. The van der Waals surface area contributed by atoms with Crippen LogP contribution in [-0.2, 0) is 32.9 Å². The summed E-state index contributed by atoms with van der Waals surface area (Å²) in [5.74, 6) is 3.49. The Hall–Kier alpha value is -4.51. The minimum atomic E-state index is 0. The van der Waals surface area contributed by atoms with Gasteiger partial charge in [-0.15, -0.1) is 59.1 Å². The average Bonchev–Trinajstić information content (AvgIpc) is 3.09. The van der Waals surface area contributed by atoms with Crippen LogP contribution < -0.4 is 25.9 Å². The van der Waals surface area contributed by atoms with Crippen molar-refractivity contribution in [2.45, 2.75) is 46.5 Å². The van der Waals surface area contributed by atoms with Gasteiger partial charge in [0.1, 0.15) is 17.2 Å². The van der Waals surface area contributed by atoms with E-state index >= 15 is 0 Å². The van der Waals surface area contributed by atoms with E-state index in [9.17, 15) is 0 Å². The van der Waals surface area contributed by atoms with Gasteiger partial charge in [0.25, 0.3) is 0 Å². The van der Waals surface area contributed by atoms with E-state index < -0.39 is 0 Å². The van der Waals surface area contributed by atoms with Gasteiger partial charge in [0.15, 0.2) is 0 Å². The molecular weight excluding hydrogens is 755 g/mol. The van der Waals surface area contributed by atoms with Crippen LogP contribution in [0.25, 0.3) is 22.5 Å². The molecule has 0 saturated carbocycles. The van der Waals surface area contributed by atoms with E-state index in [1.54, 1.807) is 0 Å². The number of hydrogen-bond donors (Lipinski definition) is 0. The van der Waals surface area contributed by atoms with Gasteiger partial charge in [-0.25, -0.2) is 0 Å². The number of aromatic nitrogens is 2. The molecule has 0 bridgehead atoms. The van der Waals surface area contributed by atoms with Crippen LogP contribution in [0, 0.1) is 32.9 Å². The Labute approximate surface area is 290 Å². The summed E-state index contributed by atoms with van der Waals surface area (Å²) in [4.78, 5) is 9.45. The average molecular weight is 789 g/mol. The molecule has 4 heterocycles. The molecule has 0 unspecified atom stereocenters. The molecule has 3 aliphatic rings. The second-order valence-corrected chi connectivity index (χ2v) is 12.4. The first-order valence-electron chi connectivity index (χ1n) is 16.1. The van der Waals surface area contributed by atoms with Crippen molar-refractivity contribution in [1.82, 2.24) is 9.97 Å². The predicted octanol–water partition coefficient (Wildman–Crippen LogP) is 7.63. The van der Waals surface area contributed by atoms with Crippen LogP contribution in [0.2, 0.25) is 0 Å². The molecule has 1 radical (unpaired) electrons. The minimum absolute atomic E-state index is 0. The van der Waals surface area contributed by atoms with Crippen molar-refractivity contribution in [3.63, 3.8) is 0 Å². The second kappa shape index (κ2) is 12.9. The van der Waals surface area contributed by atoms with E-state index in [4.69, 9.17) is 14.5 Å². The third-order valence-corrected chi connectivity index (χ3v) is 9.32. The molecule has 6 heteroatoms. The van der Waals surface area contributed by atoms with Gasteiger partial charge in [-0.1, -0.05) is 60.5 Å². The molecule has 9 rings (SSSR count). The third kappa shape index (κ3) is 5.82. The molecule has 0 atom stereocenters. The van der Waals surface area contributed by atoms with Crippen LogP contribution in [0.4, 0.5) is 0 Å². The summed E-state index contributed by atoms with van der Waals surface area (Å²) in [6.45, 7) is 6.32. The molecule has 2 aromatic heterocycles. The Bertz CT molecular complexity index is 2110. The van der Waals surface area contributed by atoms with Crippen LogP contribution in [-0.4, -0.2) is 16.7 Å². The molecule has 0 spiro atoms. The van der Waals surface area contributed by atoms with Gasteiger partial charge in [0.2, 0.25) is 6.71 Å². The zero-order valence-electron chi connectivity index (χ0n) is 26.7. The first-order chi connectivity index (χ1) is 22.5. The Kier molecular flexibility index (Phi) is 8.57. The maximum absolute atomic E-state index is 6.52. The predicted molar refractivity (Wildman–Crippen MR) is 186 cm³/mol. The maximum atomic E-state index is 6.52. The van der Waals surface area contributed by atoms with Gasteiger partial charge in [0.05, 0.1) is 0 Å². The number of aryl methyl sites for hydroxylation is 5. The Balaban J connectivity index is 0.000000186. The standard InChI is InChI=1S/C27H19BNO2.C14H14N.Ir/c1-3-11-21-17(7-1)15-16-22(29-21)18-8-5-10-20-27(18)31-25-14-6-13-24-26(25)28(20)19-9-2-4-12-23(19)30-24;1-10-4-6-13(7-5-10)14-8-11(2)12(3)9-15-14;/h2,4-6,9-10,12-16H,1,3,7,11H2;4-6,8-9H,1-3H3;/q2*-1;. The summed E-state index contributed by atoms with van der Waals surface area (Å²) in [5.41, 5.74) is 13.7. The monoisotopic (exact) mass is 789 g/mol. The number of benzene rings is 4. The van der Waals surface area contributed by atoms with E-state index in [-0.39, 0.29) is 26.8 Å². The Morgan fingerprint density at radius 1 is 0.723 bits per heavy atom. The Morgan fingerprint density at radius 3 is 2.36 bits per heavy atom. The normalized spacial score (nSPS) is 13.2. The maximum Gasteiger partial charge on any atom is 0.241 e. The van der Waals surface area contributed by atoms with E-state index in [2.05, 4.69) is 86.4 Å². The van der Waals surface area contributed by atoms with Crippen molar-refractivity contribution in [2.24, 2.45) is 0 Å². The largest absolute Gasteiger partial charge is 0.503 e. The van der Waals surface area contributed by atoms with Gasteiger partial charge >= 0.3 is 0 Å². The number of hydrogen-bond acceptors (Lipinski definition) is 4. The van der Waals surface area contributed by atoms with E-state index in [1.165, 1.54) is 46.3 Å². The van der Waals surface area contributed by atoms with E-state index in [0.29, 0.717) is 0 Å². The summed E-state index contributed by atoms with van der Waals surface area (Å²) in [7, 11) is 0. The van der Waals surface area contributed by atoms with Crippen LogP contribution in [0.3, 0.4) is 0 Å². The number of ether oxygens (including phenoxy) is 2. The smallest absolute Gasteiger partial charge is 0.241 e. The van der Waals surface area contributed by atoms with Crippen molar-refractivity contribution < 1.29 is 29.6 Å². The van der Waals surface area contributed by atoms with Gasteiger partial charge in [-0.05, 0) is 85.7 Å². The molecule has 1 aliphatic carbocycles. The number of para-hydroxylation sites is 1. The fourth-order valence-corrected chi connectivity index (χ4v) is 6.69. The second-order valence-electron chi connectivity index (χ2n) is 12.4. The number of rotatable bonds is 2. The van der Waals surface area contributed by atoms with Gasteiger partial charge < -0.3 is 19.4 Å². The quantitative estimate of drug-likeness (QED) is 0.134. The molecule has 4 aromatic carbocycles. The summed E-state index contributed by atoms with van der Waals surface area (Å²) in [6.07, 6.45) is 6.57. The fraction of sp³-hybridized carbons (Fsp3) is 0.171. The van der Waals surface area contributed by atoms with Gasteiger partial charge in [-0.3, -0.25) is 0 Å². The summed E-state index contributed by atoms with van der Waals surface area (Å²) in [6, 6.07) is 37.8. The topological polar surface area (TPSA) is 44.2 Å². The van der Waals surface area contributed by atoms with Crippen LogP contribution in [0.5, 0.6) is 23.0 Å². The number of fused-ring (bicyclic) bond motifs is 5. The Morgan fingerprint density at radius 2 is 1.53 bits per heavy atom. The molecule has 0 saturated heterocycles. The van der Waals surface area contributed by atoms with Gasteiger partial charge in [0, 0.05) is 43.2 Å². The van der Waals surface area contributed by atoms with Crippen molar-refractivity contribution in [1.29, 1.82) is 0 Å².